The second kappa shape index (κ2) is 5.58. The van der Waals surface area contributed by atoms with Gasteiger partial charge in [0, 0.05) is 7.05 Å². The number of nitrogens with zero attached hydrogens (tertiary/aromatic N) is 2. The zero-order valence-electron chi connectivity index (χ0n) is 12.2. The van der Waals surface area contributed by atoms with E-state index in [0.717, 1.165) is 11.1 Å². The zero-order chi connectivity index (χ0) is 15.6. The van der Waals surface area contributed by atoms with E-state index < -0.39 is 10.0 Å². The topological polar surface area (TPSA) is 61.2 Å². The fourth-order valence-corrected chi connectivity index (χ4v) is 3.37. The van der Waals surface area contributed by atoms with E-state index in [-0.39, 0.29) is 4.90 Å². The summed E-state index contributed by atoms with van der Waals surface area (Å²) in [5.41, 5.74) is 2.83. The van der Waals surface area contributed by atoms with E-state index in [0.29, 0.717) is 11.3 Å². The maximum Gasteiger partial charge on any atom is 0.264 e. The largest absolute Gasteiger partial charge is 0.269 e. The molecule has 0 amide bonds. The molecule has 2 aromatic rings. The Morgan fingerprint density at radius 1 is 1.10 bits per heavy atom. The third-order valence-electron chi connectivity index (χ3n) is 3.33. The van der Waals surface area contributed by atoms with Gasteiger partial charge in [0.15, 0.2) is 0 Å². The van der Waals surface area contributed by atoms with Crippen molar-refractivity contribution in [3.8, 4) is 6.07 Å². The third kappa shape index (κ3) is 2.91. The predicted octanol–water partition coefficient (Wildman–Crippen LogP) is 3.00. The van der Waals surface area contributed by atoms with Gasteiger partial charge in [0.2, 0.25) is 0 Å². The van der Waals surface area contributed by atoms with Crippen molar-refractivity contribution < 1.29 is 8.42 Å². The monoisotopic (exact) mass is 300 g/mol. The number of rotatable bonds is 3. The van der Waals surface area contributed by atoms with Crippen LogP contribution in [0, 0.1) is 25.2 Å². The van der Waals surface area contributed by atoms with Crippen molar-refractivity contribution in [1.82, 2.24) is 0 Å². The van der Waals surface area contributed by atoms with Crippen LogP contribution in [-0.4, -0.2) is 15.5 Å². The molecule has 0 heterocycles. The highest BCUT2D eigenvalue weighted by atomic mass is 32.2. The quantitative estimate of drug-likeness (QED) is 0.875. The average molecular weight is 300 g/mol. The normalized spacial score (nSPS) is 11.0. The minimum Gasteiger partial charge on any atom is -0.269 e. The maximum atomic E-state index is 12.7. The number of hydrogen-bond acceptors (Lipinski definition) is 3. The standard InChI is InChI=1S/C16H16N2O2S/c1-12-7-8-13(2)16(9-12)18(3)21(19,20)15-6-4-5-14(10-15)11-17/h4-10H,1-3H3. The molecule has 4 nitrogen and oxygen atoms in total. The molecule has 2 aromatic carbocycles. The minimum atomic E-state index is -3.68. The van der Waals surface area contributed by atoms with Crippen LogP contribution in [0.25, 0.3) is 0 Å². The average Bonchev–Trinajstić information content (AvgIpc) is 2.49. The van der Waals surface area contributed by atoms with Crippen LogP contribution in [0.3, 0.4) is 0 Å². The molecule has 0 fully saturated rings. The second-order valence-electron chi connectivity index (χ2n) is 4.90. The SMILES string of the molecule is Cc1ccc(C)c(N(C)S(=O)(=O)c2cccc(C#N)c2)c1. The van der Waals surface area contributed by atoms with Crippen LogP contribution in [0.2, 0.25) is 0 Å². The summed E-state index contributed by atoms with van der Waals surface area (Å²) in [6, 6.07) is 13.7. The van der Waals surface area contributed by atoms with Gasteiger partial charge in [-0.15, -0.1) is 0 Å². The van der Waals surface area contributed by atoms with Crippen LogP contribution in [0.15, 0.2) is 47.4 Å². The summed E-state index contributed by atoms with van der Waals surface area (Å²) in [5, 5.41) is 8.91. The predicted molar refractivity (Wildman–Crippen MR) is 82.7 cm³/mol. The van der Waals surface area contributed by atoms with Crippen molar-refractivity contribution in [2.75, 3.05) is 11.4 Å². The molecule has 2 rings (SSSR count). The molecule has 0 aliphatic carbocycles. The number of aryl methyl sites for hydroxylation is 2. The number of sulfonamides is 1. The molecule has 0 spiro atoms. The summed E-state index contributed by atoms with van der Waals surface area (Å²) in [5.74, 6) is 0. The minimum absolute atomic E-state index is 0.116. The van der Waals surface area contributed by atoms with Gasteiger partial charge in [-0.2, -0.15) is 5.26 Å². The first kappa shape index (κ1) is 15.1. The summed E-state index contributed by atoms with van der Waals surface area (Å²) in [6.07, 6.45) is 0. The van der Waals surface area contributed by atoms with Crippen LogP contribution in [0.5, 0.6) is 0 Å². The Hall–Kier alpha value is -2.32. The number of anilines is 1. The van der Waals surface area contributed by atoms with E-state index in [1.165, 1.54) is 23.5 Å². The Morgan fingerprint density at radius 3 is 2.48 bits per heavy atom. The molecule has 21 heavy (non-hydrogen) atoms. The lowest BCUT2D eigenvalue weighted by molar-refractivity contribution is 0.594. The van der Waals surface area contributed by atoms with Crippen molar-refractivity contribution in [3.05, 3.63) is 59.2 Å². The number of nitriles is 1. The molecule has 0 N–H and O–H groups in total. The van der Waals surface area contributed by atoms with Crippen LogP contribution >= 0.6 is 0 Å². The van der Waals surface area contributed by atoms with Crippen molar-refractivity contribution >= 4 is 15.7 Å². The highest BCUT2D eigenvalue weighted by Crippen LogP contribution is 2.26. The van der Waals surface area contributed by atoms with E-state index in [2.05, 4.69) is 0 Å². The summed E-state index contributed by atoms with van der Waals surface area (Å²) >= 11 is 0. The van der Waals surface area contributed by atoms with Gasteiger partial charge < -0.3 is 0 Å². The van der Waals surface area contributed by atoms with Gasteiger partial charge in [-0.3, -0.25) is 4.31 Å². The molecule has 0 saturated carbocycles. The molecule has 0 aliphatic rings. The lowest BCUT2D eigenvalue weighted by atomic mass is 10.1. The van der Waals surface area contributed by atoms with Crippen molar-refractivity contribution in [2.24, 2.45) is 0 Å². The lowest BCUT2D eigenvalue weighted by Gasteiger charge is -2.22. The van der Waals surface area contributed by atoms with E-state index in [1.807, 2.05) is 38.1 Å². The molecule has 0 aromatic heterocycles. The molecular formula is C16H16N2O2S. The Labute approximate surface area is 125 Å². The van der Waals surface area contributed by atoms with Crippen LogP contribution < -0.4 is 4.31 Å². The van der Waals surface area contributed by atoms with Crippen molar-refractivity contribution in [3.63, 3.8) is 0 Å². The fraction of sp³-hybridized carbons (Fsp3) is 0.188. The summed E-state index contributed by atoms with van der Waals surface area (Å²) in [7, 11) is -2.16. The Morgan fingerprint density at radius 2 is 1.81 bits per heavy atom. The highest BCUT2D eigenvalue weighted by molar-refractivity contribution is 7.92. The second-order valence-corrected chi connectivity index (χ2v) is 6.87. The molecule has 0 atom stereocenters. The highest BCUT2D eigenvalue weighted by Gasteiger charge is 2.22. The molecule has 0 unspecified atom stereocenters. The van der Waals surface area contributed by atoms with Gasteiger partial charge in [-0.1, -0.05) is 18.2 Å². The molecule has 5 heteroatoms. The lowest BCUT2D eigenvalue weighted by Crippen LogP contribution is -2.27. The molecular weight excluding hydrogens is 284 g/mol. The zero-order valence-corrected chi connectivity index (χ0v) is 13.0. The van der Waals surface area contributed by atoms with Gasteiger partial charge in [0.25, 0.3) is 10.0 Å². The van der Waals surface area contributed by atoms with Crippen LogP contribution in [-0.2, 0) is 10.0 Å². The van der Waals surface area contributed by atoms with E-state index in [4.69, 9.17) is 5.26 Å². The van der Waals surface area contributed by atoms with Gasteiger partial charge >= 0.3 is 0 Å². The molecule has 0 aliphatic heterocycles. The van der Waals surface area contributed by atoms with E-state index in [9.17, 15) is 8.42 Å². The smallest absolute Gasteiger partial charge is 0.264 e. The summed E-state index contributed by atoms with van der Waals surface area (Å²) in [4.78, 5) is 0.116. The Bertz CT molecular complexity index is 820. The van der Waals surface area contributed by atoms with Gasteiger partial charge in [0.05, 0.1) is 22.2 Å². The van der Waals surface area contributed by atoms with E-state index in [1.54, 1.807) is 12.1 Å². The first-order valence-corrected chi connectivity index (χ1v) is 7.86. The first-order chi connectivity index (χ1) is 9.86. The van der Waals surface area contributed by atoms with Crippen molar-refractivity contribution in [1.29, 1.82) is 5.26 Å². The molecule has 0 radical (unpaired) electrons. The summed E-state index contributed by atoms with van der Waals surface area (Å²) in [6.45, 7) is 3.78. The Balaban J connectivity index is 2.53. The van der Waals surface area contributed by atoms with Crippen LogP contribution in [0.1, 0.15) is 16.7 Å². The maximum absolute atomic E-state index is 12.7. The van der Waals surface area contributed by atoms with Gasteiger partial charge in [-0.25, -0.2) is 8.42 Å². The van der Waals surface area contributed by atoms with Gasteiger partial charge in [0.1, 0.15) is 0 Å². The number of hydrogen-bond donors (Lipinski definition) is 0. The summed E-state index contributed by atoms with van der Waals surface area (Å²) < 4.78 is 26.6. The number of benzene rings is 2. The van der Waals surface area contributed by atoms with Crippen molar-refractivity contribution in [2.45, 2.75) is 18.7 Å². The first-order valence-electron chi connectivity index (χ1n) is 6.42. The Kier molecular flexibility index (Phi) is 4.01. The van der Waals surface area contributed by atoms with Crippen LogP contribution in [0.4, 0.5) is 5.69 Å². The fourth-order valence-electron chi connectivity index (χ4n) is 2.07. The molecule has 0 saturated heterocycles. The third-order valence-corrected chi connectivity index (χ3v) is 5.09. The van der Waals surface area contributed by atoms with Gasteiger partial charge in [-0.05, 0) is 49.2 Å². The molecule has 0 bridgehead atoms. The molecule has 108 valence electrons. The van der Waals surface area contributed by atoms with E-state index >= 15 is 0 Å².